The summed E-state index contributed by atoms with van der Waals surface area (Å²) in [6.07, 6.45) is -0.942. The van der Waals surface area contributed by atoms with E-state index in [1.165, 1.54) is 43.5 Å². The summed E-state index contributed by atoms with van der Waals surface area (Å²) in [6.45, 7) is -1.04. The summed E-state index contributed by atoms with van der Waals surface area (Å²) >= 11 is 5.91. The van der Waals surface area contributed by atoms with Crippen LogP contribution in [-0.2, 0) is 17.8 Å². The molecule has 0 spiro atoms. The number of benzene rings is 2. The van der Waals surface area contributed by atoms with Gasteiger partial charge in [-0.1, -0.05) is 29.8 Å². The number of hydrogen-bond donors (Lipinski definition) is 5. The fourth-order valence-electron chi connectivity index (χ4n) is 3.60. The second-order valence-corrected chi connectivity index (χ2v) is 8.74. The van der Waals surface area contributed by atoms with Crippen molar-refractivity contribution in [3.05, 3.63) is 75.6 Å². The Labute approximate surface area is 216 Å². The monoisotopic (exact) mass is 540 g/mol. The number of amides is 3. The van der Waals surface area contributed by atoms with Crippen molar-refractivity contribution in [3.63, 3.8) is 0 Å². The molecule has 13 heteroatoms. The maximum Gasteiger partial charge on any atom is 0.412 e. The number of aliphatic hydroxyl groups excluding tert-OH is 2. The molecular formula is C24H27ClF2N4O6. The number of nitrogens with one attached hydrogen (secondary N) is 2. The van der Waals surface area contributed by atoms with Gasteiger partial charge in [-0.3, -0.25) is 10.5 Å². The number of alkyl carbamates (subject to hydrolysis) is 1. The van der Waals surface area contributed by atoms with Crippen LogP contribution in [-0.4, -0.2) is 69.9 Å². The van der Waals surface area contributed by atoms with Crippen molar-refractivity contribution >= 4 is 29.8 Å². The minimum absolute atomic E-state index is 0.00524. The number of halogens is 3. The first-order chi connectivity index (χ1) is 17.6. The number of hydrogen-bond acceptors (Lipinski definition) is 7. The Morgan fingerprint density at radius 3 is 2.76 bits per heavy atom. The third-order valence-electron chi connectivity index (χ3n) is 5.72. The fourth-order valence-corrected chi connectivity index (χ4v) is 3.79. The maximum atomic E-state index is 13.6. The van der Waals surface area contributed by atoms with E-state index in [0.29, 0.717) is 16.7 Å². The molecule has 2 aromatic carbocycles. The van der Waals surface area contributed by atoms with Crippen LogP contribution in [0.15, 0.2) is 42.2 Å². The predicted octanol–water partition coefficient (Wildman–Crippen LogP) is 2.80. The Morgan fingerprint density at radius 1 is 1.27 bits per heavy atom. The highest BCUT2D eigenvalue weighted by Gasteiger charge is 2.26. The molecule has 1 aliphatic rings. The zero-order valence-electron chi connectivity index (χ0n) is 19.8. The largest absolute Gasteiger partial charge is 0.447 e. The average molecular weight is 541 g/mol. The molecule has 0 fully saturated rings. The first-order valence-electron chi connectivity index (χ1n) is 11.2. The SMILES string of the molecule is CN(C(=O)NCc1cccc(F)c1Cl)[C@H](COC(=O)NC1=Cc2cc(F)ccc2CN1O)C[C@@H](O)CO. The molecule has 0 aromatic heterocycles. The molecule has 1 aliphatic heterocycles. The third kappa shape index (κ3) is 7.52. The number of rotatable bonds is 9. The van der Waals surface area contributed by atoms with Gasteiger partial charge in [-0.2, -0.15) is 0 Å². The number of carbonyl (C=O) groups is 2. The van der Waals surface area contributed by atoms with Crippen LogP contribution in [0.1, 0.15) is 23.1 Å². The van der Waals surface area contributed by atoms with Crippen LogP contribution in [0.25, 0.3) is 6.08 Å². The van der Waals surface area contributed by atoms with Crippen molar-refractivity contribution < 1.29 is 38.5 Å². The molecule has 0 radical (unpaired) electrons. The first-order valence-corrected chi connectivity index (χ1v) is 11.6. The van der Waals surface area contributed by atoms with Crippen molar-refractivity contribution in [2.24, 2.45) is 0 Å². The van der Waals surface area contributed by atoms with E-state index < -0.39 is 42.5 Å². The Bertz CT molecular complexity index is 1170. The number of aliphatic hydroxyl groups is 2. The fraction of sp³-hybridized carbons (Fsp3) is 0.333. The van der Waals surface area contributed by atoms with E-state index in [9.17, 15) is 33.8 Å². The minimum atomic E-state index is -1.20. The summed E-state index contributed by atoms with van der Waals surface area (Å²) in [5.41, 5.74) is 1.47. The van der Waals surface area contributed by atoms with Gasteiger partial charge in [-0.25, -0.2) is 23.4 Å². The van der Waals surface area contributed by atoms with E-state index in [2.05, 4.69) is 10.6 Å². The van der Waals surface area contributed by atoms with Crippen LogP contribution in [0, 0.1) is 11.6 Å². The zero-order chi connectivity index (χ0) is 27.1. The van der Waals surface area contributed by atoms with E-state index in [-0.39, 0.29) is 37.0 Å². The molecular weight excluding hydrogens is 514 g/mol. The highest BCUT2D eigenvalue weighted by Crippen LogP contribution is 2.23. The molecule has 0 saturated carbocycles. The molecule has 0 bridgehead atoms. The number of likely N-dealkylation sites (N-methyl/N-ethyl adjacent to an activating group) is 1. The molecule has 2 aromatic rings. The van der Waals surface area contributed by atoms with Gasteiger partial charge in [0.2, 0.25) is 0 Å². The second kappa shape index (κ2) is 12.7. The van der Waals surface area contributed by atoms with Gasteiger partial charge >= 0.3 is 12.1 Å². The van der Waals surface area contributed by atoms with Crippen LogP contribution in [0.4, 0.5) is 18.4 Å². The summed E-state index contributed by atoms with van der Waals surface area (Å²) < 4.78 is 32.4. The molecule has 2 atom stereocenters. The molecule has 3 amide bonds. The topological polar surface area (TPSA) is 135 Å². The van der Waals surface area contributed by atoms with Crippen molar-refractivity contribution in [3.8, 4) is 0 Å². The molecule has 5 N–H and O–H groups in total. The number of fused-ring (bicyclic) bond motifs is 1. The lowest BCUT2D eigenvalue weighted by molar-refractivity contribution is -0.0704. The lowest BCUT2D eigenvalue weighted by atomic mass is 10.0. The van der Waals surface area contributed by atoms with Crippen LogP contribution in [0.3, 0.4) is 0 Å². The molecule has 0 aliphatic carbocycles. The smallest absolute Gasteiger partial charge is 0.412 e. The van der Waals surface area contributed by atoms with Gasteiger partial charge < -0.3 is 25.2 Å². The Morgan fingerprint density at radius 2 is 2.03 bits per heavy atom. The molecule has 37 heavy (non-hydrogen) atoms. The van der Waals surface area contributed by atoms with Crippen LogP contribution < -0.4 is 10.6 Å². The lowest BCUT2D eigenvalue weighted by Crippen LogP contribution is -2.48. The molecule has 3 rings (SSSR count). The molecule has 10 nitrogen and oxygen atoms in total. The van der Waals surface area contributed by atoms with Gasteiger partial charge in [0.1, 0.15) is 24.1 Å². The van der Waals surface area contributed by atoms with Gasteiger partial charge in [0.05, 0.1) is 30.3 Å². The summed E-state index contributed by atoms with van der Waals surface area (Å²) in [5.74, 6) is -1.16. The first kappa shape index (κ1) is 28.1. The van der Waals surface area contributed by atoms with Gasteiger partial charge in [-0.15, -0.1) is 0 Å². The van der Waals surface area contributed by atoms with E-state index in [4.69, 9.17) is 16.3 Å². The summed E-state index contributed by atoms with van der Waals surface area (Å²) in [5, 5.41) is 34.8. The standard InChI is InChI=1S/C24H27ClF2N4O6/c1-30(23(34)28-10-14-3-2-4-20(27)22(14)25)18(9-19(33)12-32)13-37-24(35)29-21-8-16-7-17(26)6-5-15(16)11-31(21)36/h2-8,18-19,32-33,36H,9-13H2,1H3,(H,28,34)(H,29,35)/t18-,19+/m0/s1. The zero-order valence-corrected chi connectivity index (χ0v) is 20.6. The van der Waals surface area contributed by atoms with Crippen molar-refractivity contribution in [2.75, 3.05) is 20.3 Å². The molecule has 200 valence electrons. The van der Waals surface area contributed by atoms with Crippen molar-refractivity contribution in [1.29, 1.82) is 0 Å². The number of hydroxylamine groups is 2. The summed E-state index contributed by atoms with van der Waals surface area (Å²) in [6, 6.07) is 6.71. The van der Waals surface area contributed by atoms with Crippen molar-refractivity contribution in [2.45, 2.75) is 31.7 Å². The van der Waals surface area contributed by atoms with E-state index >= 15 is 0 Å². The lowest BCUT2D eigenvalue weighted by Gasteiger charge is -2.30. The maximum absolute atomic E-state index is 13.6. The van der Waals surface area contributed by atoms with E-state index in [1.54, 1.807) is 6.07 Å². The highest BCUT2D eigenvalue weighted by atomic mass is 35.5. The van der Waals surface area contributed by atoms with Gasteiger partial charge in [0.15, 0.2) is 0 Å². The molecule has 0 saturated heterocycles. The van der Waals surface area contributed by atoms with Gasteiger partial charge in [-0.05, 0) is 47.4 Å². The normalized spacial score (nSPS) is 14.2. The van der Waals surface area contributed by atoms with Gasteiger partial charge in [0, 0.05) is 13.6 Å². The minimum Gasteiger partial charge on any atom is -0.447 e. The quantitative estimate of drug-likeness (QED) is 0.330. The van der Waals surface area contributed by atoms with Gasteiger partial charge in [0.25, 0.3) is 0 Å². The Balaban J connectivity index is 1.61. The molecule has 1 heterocycles. The predicted molar refractivity (Wildman–Crippen MR) is 129 cm³/mol. The number of urea groups is 1. The average Bonchev–Trinajstić information content (AvgIpc) is 2.87. The number of nitrogens with zero attached hydrogens (tertiary/aromatic N) is 2. The summed E-state index contributed by atoms with van der Waals surface area (Å²) in [7, 11) is 1.39. The Hall–Kier alpha value is -3.45. The number of carbonyl (C=O) groups excluding carboxylic acids is 2. The van der Waals surface area contributed by atoms with Crippen LogP contribution in [0.5, 0.6) is 0 Å². The van der Waals surface area contributed by atoms with Crippen LogP contribution >= 0.6 is 11.6 Å². The van der Waals surface area contributed by atoms with E-state index in [0.717, 1.165) is 9.96 Å². The second-order valence-electron chi connectivity index (χ2n) is 8.36. The van der Waals surface area contributed by atoms with Crippen molar-refractivity contribution in [1.82, 2.24) is 20.6 Å². The number of ether oxygens (including phenoxy) is 1. The Kier molecular flexibility index (Phi) is 9.64. The van der Waals surface area contributed by atoms with Crippen LogP contribution in [0.2, 0.25) is 5.02 Å². The molecule has 0 unspecified atom stereocenters. The summed E-state index contributed by atoms with van der Waals surface area (Å²) in [4.78, 5) is 26.2. The highest BCUT2D eigenvalue weighted by molar-refractivity contribution is 6.31. The van der Waals surface area contributed by atoms with E-state index in [1.807, 2.05) is 0 Å². The third-order valence-corrected chi connectivity index (χ3v) is 6.14.